The molecule has 6 heteroatoms. The maximum Gasteiger partial charge on any atom is 0.226 e. The molecule has 2 aromatic carbocycles. The second-order valence-corrected chi connectivity index (χ2v) is 6.53. The van der Waals surface area contributed by atoms with Crippen LogP contribution in [-0.2, 0) is 4.79 Å². The number of halogens is 1. The molecule has 1 N–H and O–H groups in total. The maximum atomic E-state index is 13.2. The Bertz CT molecular complexity index is 966. The number of ether oxygens (including phenoxy) is 1. The summed E-state index contributed by atoms with van der Waals surface area (Å²) in [6.07, 6.45) is 3.00. The van der Waals surface area contributed by atoms with Crippen LogP contribution >= 0.6 is 0 Å². The lowest BCUT2D eigenvalue weighted by Gasteiger charge is -2.25. The topological polar surface area (TPSA) is 56.1 Å². The Labute approximate surface area is 156 Å². The third kappa shape index (κ3) is 3.30. The van der Waals surface area contributed by atoms with E-state index in [0.29, 0.717) is 24.5 Å². The van der Waals surface area contributed by atoms with Gasteiger partial charge < -0.3 is 10.1 Å². The van der Waals surface area contributed by atoms with Crippen LogP contribution in [0.3, 0.4) is 0 Å². The molecule has 138 valence electrons. The van der Waals surface area contributed by atoms with Crippen LogP contribution in [0.2, 0.25) is 0 Å². The van der Waals surface area contributed by atoms with Gasteiger partial charge in [0.2, 0.25) is 5.91 Å². The minimum absolute atomic E-state index is 0.0818. The van der Waals surface area contributed by atoms with Crippen molar-refractivity contribution in [3.8, 4) is 11.4 Å². The van der Waals surface area contributed by atoms with E-state index in [0.717, 1.165) is 23.3 Å². The Morgan fingerprint density at radius 2 is 1.96 bits per heavy atom. The van der Waals surface area contributed by atoms with E-state index in [4.69, 9.17) is 4.74 Å². The fourth-order valence-electron chi connectivity index (χ4n) is 3.39. The predicted octanol–water partition coefficient (Wildman–Crippen LogP) is 4.27. The van der Waals surface area contributed by atoms with Crippen molar-refractivity contribution in [2.75, 3.05) is 11.9 Å². The molecule has 1 aromatic heterocycles. The number of hydrogen-bond acceptors (Lipinski definition) is 3. The van der Waals surface area contributed by atoms with E-state index in [1.54, 1.807) is 23.0 Å². The number of carbonyl (C=O) groups is 1. The van der Waals surface area contributed by atoms with Gasteiger partial charge in [0, 0.05) is 23.5 Å². The highest BCUT2D eigenvalue weighted by molar-refractivity contribution is 5.94. The number of amides is 1. The Morgan fingerprint density at radius 3 is 2.74 bits per heavy atom. The van der Waals surface area contributed by atoms with Crippen LogP contribution in [0.25, 0.3) is 5.69 Å². The lowest BCUT2D eigenvalue weighted by Crippen LogP contribution is -2.25. The molecule has 0 fully saturated rings. The SMILES string of the molecule is CCCOc1ccccc1C1CC(=O)Nc2c1cnn2-c1ccc(F)cc1. The van der Waals surface area contributed by atoms with Gasteiger partial charge in [0.1, 0.15) is 17.4 Å². The standard InChI is InChI=1S/C21H20FN3O2/c1-2-11-27-19-6-4-3-5-16(19)17-12-20(26)24-21-18(17)13-23-25(21)15-9-7-14(22)8-10-15/h3-10,13,17H,2,11-12H2,1H3,(H,24,26). The number of carbonyl (C=O) groups excluding carboxylic acids is 1. The van der Waals surface area contributed by atoms with Gasteiger partial charge in [0.25, 0.3) is 0 Å². The van der Waals surface area contributed by atoms with Gasteiger partial charge in [-0.25, -0.2) is 9.07 Å². The Kier molecular flexibility index (Phi) is 4.62. The third-order valence-corrected chi connectivity index (χ3v) is 4.65. The molecule has 0 aliphatic carbocycles. The number of anilines is 1. The van der Waals surface area contributed by atoms with Crippen LogP contribution in [0.5, 0.6) is 5.75 Å². The molecule has 5 nitrogen and oxygen atoms in total. The number of hydrogen-bond donors (Lipinski definition) is 1. The van der Waals surface area contributed by atoms with Crippen molar-refractivity contribution in [3.63, 3.8) is 0 Å². The molecule has 0 bridgehead atoms. The monoisotopic (exact) mass is 365 g/mol. The summed E-state index contributed by atoms with van der Waals surface area (Å²) in [5.41, 5.74) is 2.58. The Hall–Kier alpha value is -3.15. The van der Waals surface area contributed by atoms with Crippen LogP contribution in [0.4, 0.5) is 10.2 Å². The van der Waals surface area contributed by atoms with Gasteiger partial charge >= 0.3 is 0 Å². The Balaban J connectivity index is 1.77. The molecule has 1 aliphatic heterocycles. The van der Waals surface area contributed by atoms with Gasteiger partial charge in [-0.05, 0) is 36.8 Å². The normalized spacial score (nSPS) is 15.9. The first kappa shape index (κ1) is 17.3. The minimum atomic E-state index is -0.316. The molecule has 27 heavy (non-hydrogen) atoms. The van der Waals surface area contributed by atoms with Crippen molar-refractivity contribution >= 4 is 11.7 Å². The molecule has 0 spiro atoms. The molecule has 3 aromatic rings. The van der Waals surface area contributed by atoms with Gasteiger partial charge in [-0.3, -0.25) is 4.79 Å². The largest absolute Gasteiger partial charge is 0.493 e. The average Bonchev–Trinajstić information content (AvgIpc) is 3.10. The second kappa shape index (κ2) is 7.23. The number of aromatic nitrogens is 2. The second-order valence-electron chi connectivity index (χ2n) is 6.53. The molecule has 2 heterocycles. The van der Waals surface area contributed by atoms with Crippen LogP contribution in [-0.4, -0.2) is 22.3 Å². The van der Waals surface area contributed by atoms with Gasteiger partial charge in [-0.1, -0.05) is 25.1 Å². The van der Waals surface area contributed by atoms with E-state index in [2.05, 4.69) is 17.3 Å². The van der Waals surface area contributed by atoms with E-state index >= 15 is 0 Å². The van der Waals surface area contributed by atoms with Crippen molar-refractivity contribution in [3.05, 3.63) is 71.7 Å². The highest BCUT2D eigenvalue weighted by Gasteiger charge is 2.32. The first-order valence-corrected chi connectivity index (χ1v) is 9.02. The summed E-state index contributed by atoms with van der Waals surface area (Å²) < 4.78 is 20.8. The fourth-order valence-corrected chi connectivity index (χ4v) is 3.39. The molecular formula is C21H20FN3O2. The molecule has 0 saturated carbocycles. The molecule has 1 amide bonds. The zero-order valence-corrected chi connectivity index (χ0v) is 15.0. The average molecular weight is 365 g/mol. The van der Waals surface area contributed by atoms with E-state index in [9.17, 15) is 9.18 Å². The summed E-state index contributed by atoms with van der Waals surface area (Å²) in [5, 5.41) is 7.35. The summed E-state index contributed by atoms with van der Waals surface area (Å²) in [5.74, 6) is 0.869. The summed E-state index contributed by atoms with van der Waals surface area (Å²) in [6.45, 7) is 2.68. The minimum Gasteiger partial charge on any atom is -0.493 e. The van der Waals surface area contributed by atoms with Gasteiger partial charge in [-0.2, -0.15) is 5.10 Å². The smallest absolute Gasteiger partial charge is 0.226 e. The quantitative estimate of drug-likeness (QED) is 0.734. The van der Waals surface area contributed by atoms with Crippen molar-refractivity contribution < 1.29 is 13.9 Å². The van der Waals surface area contributed by atoms with Crippen LogP contribution < -0.4 is 10.1 Å². The van der Waals surface area contributed by atoms with Gasteiger partial charge in [0.05, 0.1) is 18.5 Å². The first-order chi connectivity index (χ1) is 13.2. The summed E-state index contributed by atoms with van der Waals surface area (Å²) in [7, 11) is 0. The predicted molar refractivity (Wildman–Crippen MR) is 101 cm³/mol. The van der Waals surface area contributed by atoms with E-state index in [1.807, 2.05) is 24.3 Å². The number of fused-ring (bicyclic) bond motifs is 1. The molecule has 1 unspecified atom stereocenters. The molecule has 0 radical (unpaired) electrons. The molecule has 4 rings (SSSR count). The summed E-state index contributed by atoms with van der Waals surface area (Å²) in [4.78, 5) is 12.4. The third-order valence-electron chi connectivity index (χ3n) is 4.65. The number of nitrogens with one attached hydrogen (secondary N) is 1. The number of rotatable bonds is 5. The molecule has 1 aliphatic rings. The van der Waals surface area contributed by atoms with Crippen molar-refractivity contribution in [2.24, 2.45) is 0 Å². The highest BCUT2D eigenvalue weighted by Crippen LogP contribution is 2.41. The highest BCUT2D eigenvalue weighted by atomic mass is 19.1. The lowest BCUT2D eigenvalue weighted by molar-refractivity contribution is -0.116. The summed E-state index contributed by atoms with van der Waals surface area (Å²) in [6, 6.07) is 13.8. The Morgan fingerprint density at radius 1 is 1.19 bits per heavy atom. The maximum absolute atomic E-state index is 13.2. The van der Waals surface area contributed by atoms with Crippen LogP contribution in [0.15, 0.2) is 54.7 Å². The molecule has 0 saturated heterocycles. The lowest BCUT2D eigenvalue weighted by atomic mass is 9.87. The number of para-hydroxylation sites is 1. The van der Waals surface area contributed by atoms with Crippen LogP contribution in [0.1, 0.15) is 36.8 Å². The zero-order chi connectivity index (χ0) is 18.8. The van der Waals surface area contributed by atoms with E-state index < -0.39 is 0 Å². The molecule has 1 atom stereocenters. The van der Waals surface area contributed by atoms with Gasteiger partial charge in [-0.15, -0.1) is 0 Å². The first-order valence-electron chi connectivity index (χ1n) is 9.02. The van der Waals surface area contributed by atoms with Crippen LogP contribution in [0, 0.1) is 5.82 Å². The van der Waals surface area contributed by atoms with E-state index in [1.165, 1.54) is 12.1 Å². The van der Waals surface area contributed by atoms with Crippen molar-refractivity contribution in [1.29, 1.82) is 0 Å². The zero-order valence-electron chi connectivity index (χ0n) is 15.0. The van der Waals surface area contributed by atoms with Gasteiger partial charge in [0.15, 0.2) is 0 Å². The fraction of sp³-hybridized carbons (Fsp3) is 0.238. The number of benzene rings is 2. The van der Waals surface area contributed by atoms with Crippen molar-refractivity contribution in [2.45, 2.75) is 25.7 Å². The van der Waals surface area contributed by atoms with Crippen molar-refractivity contribution in [1.82, 2.24) is 9.78 Å². The number of nitrogens with zero attached hydrogens (tertiary/aromatic N) is 2. The van der Waals surface area contributed by atoms with E-state index in [-0.39, 0.29) is 17.6 Å². The summed E-state index contributed by atoms with van der Waals surface area (Å²) >= 11 is 0. The molecular weight excluding hydrogens is 345 g/mol.